The molecule has 0 bridgehead atoms. The maximum Gasteiger partial charge on any atom is 0.0459 e. The van der Waals surface area contributed by atoms with Crippen LogP contribution in [-0.4, -0.2) is 11.7 Å². The van der Waals surface area contributed by atoms with E-state index in [9.17, 15) is 5.11 Å². The molecule has 1 rings (SSSR count). The molecule has 0 aliphatic heterocycles. The zero-order chi connectivity index (χ0) is 13.6. The molecule has 0 saturated heterocycles. The van der Waals surface area contributed by atoms with Gasteiger partial charge in [0.1, 0.15) is 0 Å². The highest BCUT2D eigenvalue weighted by molar-refractivity contribution is 4.81. The minimum atomic E-state index is 0.402. The van der Waals surface area contributed by atoms with Crippen molar-refractivity contribution in [2.24, 2.45) is 23.2 Å². The van der Waals surface area contributed by atoms with Crippen molar-refractivity contribution in [2.45, 2.75) is 79.1 Å². The van der Waals surface area contributed by atoms with Gasteiger partial charge in [0.05, 0.1) is 0 Å². The van der Waals surface area contributed by atoms with Crippen molar-refractivity contribution in [3.05, 3.63) is 0 Å². The second-order valence-corrected chi connectivity index (χ2v) is 7.51. The van der Waals surface area contributed by atoms with Gasteiger partial charge in [-0.15, -0.1) is 0 Å². The van der Waals surface area contributed by atoms with E-state index >= 15 is 0 Å². The van der Waals surface area contributed by atoms with Crippen molar-refractivity contribution in [1.82, 2.24) is 0 Å². The zero-order valence-corrected chi connectivity index (χ0v) is 13.0. The van der Waals surface area contributed by atoms with Gasteiger partial charge in [-0.3, -0.25) is 0 Å². The number of aliphatic hydroxyl groups is 1. The van der Waals surface area contributed by atoms with Gasteiger partial charge in [-0.25, -0.2) is 0 Å². The fraction of sp³-hybridized carbons (Fsp3) is 1.00. The predicted molar refractivity (Wildman–Crippen MR) is 79.6 cm³/mol. The minimum absolute atomic E-state index is 0.402. The van der Waals surface area contributed by atoms with E-state index in [-0.39, 0.29) is 0 Å². The summed E-state index contributed by atoms with van der Waals surface area (Å²) in [6, 6.07) is 0. The van der Waals surface area contributed by atoms with Crippen LogP contribution in [0.3, 0.4) is 0 Å². The molecule has 1 fully saturated rings. The third kappa shape index (κ3) is 5.30. The smallest absolute Gasteiger partial charge is 0.0459 e. The standard InChI is InChI=1S/C17H34O/c1-5-6-7-15(13-18)12-14-8-10-16(11-9-14)17(2,3)4/h14-16,18H,5-13H2,1-4H3. The monoisotopic (exact) mass is 254 g/mol. The molecule has 0 aromatic carbocycles. The van der Waals surface area contributed by atoms with Gasteiger partial charge < -0.3 is 5.11 Å². The number of hydrogen-bond acceptors (Lipinski definition) is 1. The van der Waals surface area contributed by atoms with Crippen LogP contribution in [0.5, 0.6) is 0 Å². The van der Waals surface area contributed by atoms with Gasteiger partial charge in [-0.2, -0.15) is 0 Å². The van der Waals surface area contributed by atoms with E-state index in [1.54, 1.807) is 0 Å². The summed E-state index contributed by atoms with van der Waals surface area (Å²) < 4.78 is 0. The van der Waals surface area contributed by atoms with Gasteiger partial charge in [0.15, 0.2) is 0 Å². The minimum Gasteiger partial charge on any atom is -0.396 e. The Balaban J connectivity index is 2.29. The van der Waals surface area contributed by atoms with Crippen molar-refractivity contribution < 1.29 is 5.11 Å². The maximum atomic E-state index is 9.46. The van der Waals surface area contributed by atoms with E-state index in [1.165, 1.54) is 51.4 Å². The van der Waals surface area contributed by atoms with Gasteiger partial charge in [0.25, 0.3) is 0 Å². The molecular weight excluding hydrogens is 220 g/mol. The molecule has 1 nitrogen and oxygen atoms in total. The highest BCUT2D eigenvalue weighted by Gasteiger charge is 2.30. The second-order valence-electron chi connectivity index (χ2n) is 7.51. The summed E-state index contributed by atoms with van der Waals surface area (Å²) in [4.78, 5) is 0. The van der Waals surface area contributed by atoms with Gasteiger partial charge in [-0.05, 0) is 48.9 Å². The Morgan fingerprint density at radius 1 is 1.11 bits per heavy atom. The lowest BCUT2D eigenvalue weighted by atomic mass is 9.68. The first-order chi connectivity index (χ1) is 8.47. The molecule has 1 N–H and O–H groups in total. The van der Waals surface area contributed by atoms with Crippen molar-refractivity contribution in [3.63, 3.8) is 0 Å². The van der Waals surface area contributed by atoms with Crippen molar-refractivity contribution in [1.29, 1.82) is 0 Å². The van der Waals surface area contributed by atoms with Gasteiger partial charge in [0.2, 0.25) is 0 Å². The van der Waals surface area contributed by atoms with Crippen LogP contribution in [0.15, 0.2) is 0 Å². The molecule has 0 aromatic rings. The second kappa shape index (κ2) is 7.53. The van der Waals surface area contributed by atoms with Gasteiger partial charge >= 0.3 is 0 Å². The fourth-order valence-electron chi connectivity index (χ4n) is 3.51. The van der Waals surface area contributed by atoms with E-state index in [0.29, 0.717) is 17.9 Å². The topological polar surface area (TPSA) is 20.2 Å². The van der Waals surface area contributed by atoms with Crippen LogP contribution in [0.2, 0.25) is 0 Å². The number of aliphatic hydroxyl groups excluding tert-OH is 1. The molecule has 108 valence electrons. The van der Waals surface area contributed by atoms with Crippen LogP contribution in [0.4, 0.5) is 0 Å². The Morgan fingerprint density at radius 2 is 1.72 bits per heavy atom. The summed E-state index contributed by atoms with van der Waals surface area (Å²) in [7, 11) is 0. The first-order valence-electron chi connectivity index (χ1n) is 8.08. The summed E-state index contributed by atoms with van der Waals surface area (Å²) in [5.41, 5.74) is 0.490. The molecular formula is C17H34O. The van der Waals surface area contributed by atoms with E-state index < -0.39 is 0 Å². The van der Waals surface area contributed by atoms with Gasteiger partial charge in [0, 0.05) is 6.61 Å². The molecule has 0 aromatic heterocycles. The van der Waals surface area contributed by atoms with Crippen LogP contribution in [0.1, 0.15) is 79.1 Å². The predicted octanol–water partition coefficient (Wildman–Crippen LogP) is 5.03. The van der Waals surface area contributed by atoms with Crippen molar-refractivity contribution in [2.75, 3.05) is 6.61 Å². The molecule has 0 amide bonds. The Bertz CT molecular complexity index is 208. The van der Waals surface area contributed by atoms with Crippen LogP contribution < -0.4 is 0 Å². The van der Waals surface area contributed by atoms with Gasteiger partial charge in [-0.1, -0.05) is 53.4 Å². The largest absolute Gasteiger partial charge is 0.396 e. The van der Waals surface area contributed by atoms with E-state index in [4.69, 9.17) is 0 Å². The molecule has 1 heteroatoms. The number of unbranched alkanes of at least 4 members (excludes halogenated alkanes) is 1. The quantitative estimate of drug-likeness (QED) is 0.705. The molecule has 1 aliphatic rings. The lowest BCUT2D eigenvalue weighted by Gasteiger charge is -2.37. The van der Waals surface area contributed by atoms with E-state index in [2.05, 4.69) is 27.7 Å². The Kier molecular flexibility index (Phi) is 6.70. The third-order valence-corrected chi connectivity index (χ3v) is 4.96. The molecule has 0 heterocycles. The summed E-state index contributed by atoms with van der Waals surface area (Å²) in [5.74, 6) is 2.37. The summed E-state index contributed by atoms with van der Waals surface area (Å²) in [6.07, 6.45) is 10.6. The average Bonchev–Trinajstić information content (AvgIpc) is 2.34. The Morgan fingerprint density at radius 3 is 2.17 bits per heavy atom. The normalized spacial score (nSPS) is 27.2. The third-order valence-electron chi connectivity index (χ3n) is 4.96. The maximum absolute atomic E-state index is 9.46. The highest BCUT2D eigenvalue weighted by Crippen LogP contribution is 2.41. The molecule has 1 saturated carbocycles. The average molecular weight is 254 g/mol. The lowest BCUT2D eigenvalue weighted by Crippen LogP contribution is -2.27. The first-order valence-corrected chi connectivity index (χ1v) is 8.08. The van der Waals surface area contributed by atoms with E-state index in [1.807, 2.05) is 0 Å². The SMILES string of the molecule is CCCCC(CO)CC1CCC(C(C)(C)C)CC1. The molecule has 1 atom stereocenters. The highest BCUT2D eigenvalue weighted by atomic mass is 16.3. The molecule has 1 unspecified atom stereocenters. The first kappa shape index (κ1) is 16.0. The number of rotatable bonds is 6. The molecule has 18 heavy (non-hydrogen) atoms. The lowest BCUT2D eigenvalue weighted by molar-refractivity contribution is 0.122. The zero-order valence-electron chi connectivity index (χ0n) is 13.0. The van der Waals surface area contributed by atoms with Crippen molar-refractivity contribution in [3.8, 4) is 0 Å². The van der Waals surface area contributed by atoms with Crippen LogP contribution >= 0.6 is 0 Å². The van der Waals surface area contributed by atoms with Crippen LogP contribution in [0.25, 0.3) is 0 Å². The Hall–Kier alpha value is -0.0400. The fourth-order valence-corrected chi connectivity index (χ4v) is 3.51. The van der Waals surface area contributed by atoms with E-state index in [0.717, 1.165) is 11.8 Å². The Labute approximate surface area is 114 Å². The molecule has 1 aliphatic carbocycles. The molecule has 0 spiro atoms. The van der Waals surface area contributed by atoms with Crippen LogP contribution in [0, 0.1) is 23.2 Å². The summed E-state index contributed by atoms with van der Waals surface area (Å²) in [5, 5.41) is 9.46. The number of hydrogen-bond donors (Lipinski definition) is 1. The molecule has 0 radical (unpaired) electrons. The summed E-state index contributed by atoms with van der Waals surface area (Å²) in [6.45, 7) is 9.80. The summed E-state index contributed by atoms with van der Waals surface area (Å²) >= 11 is 0. The van der Waals surface area contributed by atoms with Crippen molar-refractivity contribution >= 4 is 0 Å². The van der Waals surface area contributed by atoms with Crippen LogP contribution in [-0.2, 0) is 0 Å².